The molecule has 3 fully saturated rings. The molecular formula is C34H50O3. The van der Waals surface area contributed by atoms with E-state index in [4.69, 9.17) is 4.74 Å². The van der Waals surface area contributed by atoms with E-state index in [9.17, 15) is 9.90 Å². The third-order valence-corrected chi connectivity index (χ3v) is 11.6. The molecule has 0 aliphatic heterocycles. The third kappa shape index (κ3) is 4.83. The lowest BCUT2D eigenvalue weighted by Gasteiger charge is -2.60. The van der Waals surface area contributed by atoms with Crippen molar-refractivity contribution in [2.75, 3.05) is 0 Å². The van der Waals surface area contributed by atoms with Crippen LogP contribution in [-0.2, 0) is 4.74 Å². The monoisotopic (exact) mass is 506 g/mol. The topological polar surface area (TPSA) is 46.5 Å². The number of hydrogen-bond acceptors (Lipinski definition) is 3. The second-order valence-electron chi connectivity index (χ2n) is 14.0. The van der Waals surface area contributed by atoms with Crippen molar-refractivity contribution in [3.05, 3.63) is 47.5 Å². The van der Waals surface area contributed by atoms with Crippen molar-refractivity contribution in [3.63, 3.8) is 0 Å². The minimum Gasteiger partial charge on any atom is -0.458 e. The maximum atomic E-state index is 13.2. The molecule has 4 aliphatic carbocycles. The van der Waals surface area contributed by atoms with Gasteiger partial charge in [0.05, 0.1) is 11.7 Å². The molecule has 1 N–H and O–H groups in total. The number of carbonyl (C=O) groups is 1. The Morgan fingerprint density at radius 2 is 1.81 bits per heavy atom. The fraction of sp³-hybridized carbons (Fsp3) is 0.735. The van der Waals surface area contributed by atoms with Crippen LogP contribution in [0.15, 0.2) is 42.0 Å². The highest BCUT2D eigenvalue weighted by Crippen LogP contribution is 2.67. The molecule has 3 saturated carbocycles. The molecule has 3 heteroatoms. The highest BCUT2D eigenvalue weighted by atomic mass is 16.5. The molecule has 1 unspecified atom stereocenters. The maximum Gasteiger partial charge on any atom is 0.338 e. The van der Waals surface area contributed by atoms with E-state index in [1.807, 2.05) is 30.3 Å². The second kappa shape index (κ2) is 10.5. The van der Waals surface area contributed by atoms with Gasteiger partial charge in [0.2, 0.25) is 0 Å². The molecule has 0 heterocycles. The Morgan fingerprint density at radius 1 is 1.05 bits per heavy atom. The lowest BCUT2D eigenvalue weighted by molar-refractivity contribution is -0.113. The van der Waals surface area contributed by atoms with Crippen molar-refractivity contribution in [2.24, 2.45) is 46.3 Å². The van der Waals surface area contributed by atoms with Crippen molar-refractivity contribution in [1.82, 2.24) is 0 Å². The van der Waals surface area contributed by atoms with E-state index in [0.717, 1.165) is 36.5 Å². The molecule has 0 bridgehead atoms. The average Bonchev–Trinajstić information content (AvgIpc) is 3.22. The van der Waals surface area contributed by atoms with Crippen molar-refractivity contribution >= 4 is 5.97 Å². The molecule has 37 heavy (non-hydrogen) atoms. The van der Waals surface area contributed by atoms with Crippen LogP contribution in [0.25, 0.3) is 0 Å². The second-order valence-corrected chi connectivity index (χ2v) is 14.0. The minimum atomic E-state index is -0.430. The quantitative estimate of drug-likeness (QED) is 0.299. The highest BCUT2D eigenvalue weighted by molar-refractivity contribution is 5.89. The molecular weight excluding hydrogens is 456 g/mol. The summed E-state index contributed by atoms with van der Waals surface area (Å²) >= 11 is 0. The number of benzene rings is 1. The Hall–Kier alpha value is -1.61. The van der Waals surface area contributed by atoms with Gasteiger partial charge in [-0.05, 0) is 91.6 Å². The summed E-state index contributed by atoms with van der Waals surface area (Å²) in [6, 6.07) is 9.36. The predicted octanol–water partition coefficient (Wildman–Crippen LogP) is 8.22. The summed E-state index contributed by atoms with van der Waals surface area (Å²) < 4.78 is 6.29. The summed E-state index contributed by atoms with van der Waals surface area (Å²) in [5, 5.41) is 10.8. The van der Waals surface area contributed by atoms with Gasteiger partial charge in [0.1, 0.15) is 6.10 Å². The first-order valence-corrected chi connectivity index (χ1v) is 15.3. The van der Waals surface area contributed by atoms with Gasteiger partial charge in [0.25, 0.3) is 0 Å². The van der Waals surface area contributed by atoms with Crippen molar-refractivity contribution < 1.29 is 14.6 Å². The zero-order valence-electron chi connectivity index (χ0n) is 23.9. The molecule has 4 aliphatic rings. The van der Waals surface area contributed by atoms with Gasteiger partial charge in [0, 0.05) is 11.8 Å². The number of rotatable bonds is 7. The molecule has 1 aromatic carbocycles. The van der Waals surface area contributed by atoms with E-state index in [1.165, 1.54) is 50.5 Å². The molecule has 0 spiro atoms. The fourth-order valence-corrected chi connectivity index (χ4v) is 9.64. The van der Waals surface area contributed by atoms with Gasteiger partial charge in [0.15, 0.2) is 0 Å². The number of ether oxygens (including phenoxy) is 1. The molecule has 1 aromatic rings. The molecule has 0 radical (unpaired) electrons. The molecule has 0 saturated heterocycles. The molecule has 0 aromatic heterocycles. The van der Waals surface area contributed by atoms with E-state index < -0.39 is 6.10 Å². The van der Waals surface area contributed by atoms with E-state index in [0.29, 0.717) is 29.2 Å². The summed E-state index contributed by atoms with van der Waals surface area (Å²) in [4.78, 5) is 13.2. The fourth-order valence-electron chi connectivity index (χ4n) is 9.64. The van der Waals surface area contributed by atoms with Crippen LogP contribution in [0.5, 0.6) is 0 Å². The number of aliphatic hydroxyl groups excluding tert-OH is 1. The molecule has 204 valence electrons. The Morgan fingerprint density at radius 3 is 2.54 bits per heavy atom. The zero-order chi connectivity index (χ0) is 26.4. The van der Waals surface area contributed by atoms with Crippen LogP contribution in [0.4, 0.5) is 0 Å². The number of allylic oxidation sites excluding steroid dienone is 1. The first kappa shape index (κ1) is 27.0. The van der Waals surface area contributed by atoms with Crippen LogP contribution in [0, 0.1) is 46.3 Å². The first-order valence-electron chi connectivity index (χ1n) is 15.3. The van der Waals surface area contributed by atoms with Crippen LogP contribution < -0.4 is 0 Å². The smallest absolute Gasteiger partial charge is 0.338 e. The van der Waals surface area contributed by atoms with E-state index in [-0.39, 0.29) is 17.5 Å². The van der Waals surface area contributed by atoms with Crippen LogP contribution >= 0.6 is 0 Å². The Labute approximate surface area is 225 Å². The Kier molecular flexibility index (Phi) is 7.66. The van der Waals surface area contributed by atoms with Crippen molar-refractivity contribution in [2.45, 2.75) is 111 Å². The number of aliphatic hydroxyl groups is 1. The number of hydrogen-bond donors (Lipinski definition) is 1. The zero-order valence-corrected chi connectivity index (χ0v) is 23.9. The van der Waals surface area contributed by atoms with Gasteiger partial charge in [-0.2, -0.15) is 0 Å². The van der Waals surface area contributed by atoms with Crippen molar-refractivity contribution in [3.8, 4) is 0 Å². The number of esters is 1. The average molecular weight is 507 g/mol. The Bertz CT molecular complexity index is 982. The van der Waals surface area contributed by atoms with Gasteiger partial charge in [-0.3, -0.25) is 0 Å². The first-order chi connectivity index (χ1) is 17.6. The van der Waals surface area contributed by atoms with Crippen LogP contribution in [0.1, 0.15) is 109 Å². The van der Waals surface area contributed by atoms with Crippen molar-refractivity contribution in [1.29, 1.82) is 0 Å². The van der Waals surface area contributed by atoms with Crippen LogP contribution in [0.3, 0.4) is 0 Å². The predicted molar refractivity (Wildman–Crippen MR) is 150 cm³/mol. The number of fused-ring (bicyclic) bond motifs is 5. The van der Waals surface area contributed by atoms with E-state index in [1.54, 1.807) is 0 Å². The maximum absolute atomic E-state index is 13.2. The van der Waals surface area contributed by atoms with Gasteiger partial charge in [-0.15, -0.1) is 0 Å². The normalized spacial score (nSPS) is 39.8. The lowest BCUT2D eigenvalue weighted by atomic mass is 9.46. The largest absolute Gasteiger partial charge is 0.458 e. The minimum absolute atomic E-state index is 0.172. The van der Waals surface area contributed by atoms with Gasteiger partial charge in [-0.25, -0.2) is 4.79 Å². The van der Waals surface area contributed by atoms with E-state index in [2.05, 4.69) is 40.7 Å². The Balaban J connectivity index is 1.37. The van der Waals surface area contributed by atoms with Crippen LogP contribution in [0.2, 0.25) is 0 Å². The molecule has 9 atom stereocenters. The summed E-state index contributed by atoms with van der Waals surface area (Å²) in [6.45, 7) is 12.2. The molecule has 3 nitrogen and oxygen atoms in total. The van der Waals surface area contributed by atoms with Crippen LogP contribution in [-0.4, -0.2) is 23.3 Å². The summed E-state index contributed by atoms with van der Waals surface area (Å²) in [7, 11) is 0. The SMILES string of the molecule is CC(C)CCC[C@@H](C)[C@H]1CC[C@H]2[C@@H]3CC=C4C[C@H](O)CC(OC(=O)c5ccccc5)[C@]4(C)[C@H]3CC[C@]12C. The molecule has 5 rings (SSSR count). The molecule has 0 amide bonds. The lowest BCUT2D eigenvalue weighted by Crippen LogP contribution is -2.56. The van der Waals surface area contributed by atoms with Gasteiger partial charge in [-0.1, -0.05) is 83.7 Å². The summed E-state index contributed by atoms with van der Waals surface area (Å²) in [5.41, 5.74) is 2.21. The van der Waals surface area contributed by atoms with Gasteiger partial charge >= 0.3 is 5.97 Å². The third-order valence-electron chi connectivity index (χ3n) is 11.6. The summed E-state index contributed by atoms with van der Waals surface area (Å²) in [6.07, 6.45) is 13.5. The standard InChI is InChI=1S/C34H50O3/c1-22(2)10-9-11-23(3)28-16-17-29-27-15-14-25-20-26(35)21-31(37-32(36)24-12-7-6-8-13-24)34(25,5)30(27)18-19-33(28,29)4/h6-8,12-14,22-23,26-31,35H,9-11,15-21H2,1-5H3/t23-,26+,27+,28-,29+,30+,31?,33-,34+/m1/s1. The highest BCUT2D eigenvalue weighted by Gasteiger charge is 2.61. The van der Waals surface area contributed by atoms with E-state index >= 15 is 0 Å². The summed E-state index contributed by atoms with van der Waals surface area (Å²) in [5.74, 6) is 4.14. The number of carbonyl (C=O) groups excluding carboxylic acids is 1. The van der Waals surface area contributed by atoms with Gasteiger partial charge < -0.3 is 9.84 Å².